The fourth-order valence-electron chi connectivity index (χ4n) is 2.69. The molecule has 1 heterocycles. The molecule has 1 aromatic heterocycles. The highest BCUT2D eigenvalue weighted by atomic mass is 19.1. The summed E-state index contributed by atoms with van der Waals surface area (Å²) in [4.78, 5) is 28.9. The lowest BCUT2D eigenvalue weighted by Gasteiger charge is -2.08. The Morgan fingerprint density at radius 1 is 0.966 bits per heavy atom. The maximum Gasteiger partial charge on any atom is 0.274 e. The molecule has 0 aliphatic rings. The van der Waals surface area contributed by atoms with E-state index in [1.807, 2.05) is 0 Å². The van der Waals surface area contributed by atoms with Crippen molar-refractivity contribution < 1.29 is 18.7 Å². The molecule has 0 unspecified atom stereocenters. The summed E-state index contributed by atoms with van der Waals surface area (Å²) in [6, 6.07) is 17.9. The normalized spacial score (nSPS) is 10.3. The van der Waals surface area contributed by atoms with Gasteiger partial charge in [-0.3, -0.25) is 9.59 Å². The number of halogens is 1. The van der Waals surface area contributed by atoms with Crippen molar-refractivity contribution >= 4 is 17.5 Å². The van der Waals surface area contributed by atoms with Crippen LogP contribution in [-0.4, -0.2) is 30.5 Å². The molecule has 6 nitrogen and oxygen atoms in total. The average Bonchev–Trinajstić information content (AvgIpc) is 2.75. The Bertz CT molecular complexity index is 1020. The van der Waals surface area contributed by atoms with Crippen molar-refractivity contribution in [2.45, 2.75) is 6.42 Å². The second kappa shape index (κ2) is 9.45. The Hall–Kier alpha value is -3.74. The van der Waals surface area contributed by atoms with Gasteiger partial charge in [-0.05, 0) is 42.3 Å². The molecule has 0 spiro atoms. The van der Waals surface area contributed by atoms with Gasteiger partial charge in [0.25, 0.3) is 11.8 Å². The van der Waals surface area contributed by atoms with Gasteiger partial charge in [0.1, 0.15) is 23.0 Å². The van der Waals surface area contributed by atoms with Gasteiger partial charge in [-0.1, -0.05) is 30.3 Å². The number of ether oxygens (including phenoxy) is 1. The zero-order valence-corrected chi connectivity index (χ0v) is 15.8. The second-order valence-corrected chi connectivity index (χ2v) is 6.19. The van der Waals surface area contributed by atoms with Crippen molar-refractivity contribution in [3.63, 3.8) is 0 Å². The molecular weight excluding hydrogens is 373 g/mol. The molecule has 2 aromatic carbocycles. The Kier molecular flexibility index (Phi) is 6.52. The largest absolute Gasteiger partial charge is 0.497 e. The van der Waals surface area contributed by atoms with E-state index in [-0.39, 0.29) is 23.7 Å². The number of methoxy groups -OCH3 is 1. The standard InChI is InChI=1S/C22H20FN3O3/c1-29-17-8-4-7-16(14-17)25-22(28)20-11-5-10-19(26-20)21(27)24-13-12-15-6-2-3-9-18(15)23/h2-11,14H,12-13H2,1H3,(H,24,27)(H,25,28). The van der Waals surface area contributed by atoms with Gasteiger partial charge < -0.3 is 15.4 Å². The number of hydrogen-bond acceptors (Lipinski definition) is 4. The summed E-state index contributed by atoms with van der Waals surface area (Å²) in [5, 5.41) is 5.40. The first-order valence-electron chi connectivity index (χ1n) is 9.01. The van der Waals surface area contributed by atoms with E-state index in [4.69, 9.17) is 4.74 Å². The minimum Gasteiger partial charge on any atom is -0.497 e. The lowest BCUT2D eigenvalue weighted by molar-refractivity contribution is 0.0949. The molecule has 0 saturated heterocycles. The molecule has 2 amide bonds. The van der Waals surface area contributed by atoms with Gasteiger partial charge in [-0.15, -0.1) is 0 Å². The summed E-state index contributed by atoms with van der Waals surface area (Å²) in [6.45, 7) is 0.252. The molecule has 0 saturated carbocycles. The number of carbonyl (C=O) groups excluding carboxylic acids is 2. The van der Waals surface area contributed by atoms with Crippen molar-refractivity contribution in [2.75, 3.05) is 19.0 Å². The molecule has 7 heteroatoms. The fraction of sp³-hybridized carbons (Fsp3) is 0.136. The summed E-state index contributed by atoms with van der Waals surface area (Å²) in [6.07, 6.45) is 0.356. The van der Waals surface area contributed by atoms with E-state index in [9.17, 15) is 14.0 Å². The van der Waals surface area contributed by atoms with Crippen LogP contribution in [0, 0.1) is 5.82 Å². The molecule has 0 radical (unpaired) electrons. The van der Waals surface area contributed by atoms with Gasteiger partial charge in [0.15, 0.2) is 0 Å². The van der Waals surface area contributed by atoms with Gasteiger partial charge in [0.2, 0.25) is 0 Å². The van der Waals surface area contributed by atoms with E-state index in [2.05, 4.69) is 15.6 Å². The number of aromatic nitrogens is 1. The third kappa shape index (κ3) is 5.38. The molecule has 2 N–H and O–H groups in total. The second-order valence-electron chi connectivity index (χ2n) is 6.19. The highest BCUT2D eigenvalue weighted by Crippen LogP contribution is 2.17. The smallest absolute Gasteiger partial charge is 0.274 e. The van der Waals surface area contributed by atoms with E-state index in [0.29, 0.717) is 23.4 Å². The lowest BCUT2D eigenvalue weighted by atomic mass is 10.1. The van der Waals surface area contributed by atoms with Crippen LogP contribution in [0.25, 0.3) is 0 Å². The highest BCUT2D eigenvalue weighted by Gasteiger charge is 2.13. The van der Waals surface area contributed by atoms with Crippen LogP contribution in [-0.2, 0) is 6.42 Å². The topological polar surface area (TPSA) is 80.3 Å². The van der Waals surface area contributed by atoms with Gasteiger partial charge in [0, 0.05) is 18.3 Å². The number of anilines is 1. The number of rotatable bonds is 7. The molecule has 0 aliphatic carbocycles. The van der Waals surface area contributed by atoms with E-state index in [1.54, 1.807) is 48.5 Å². The zero-order chi connectivity index (χ0) is 20.6. The predicted molar refractivity (Wildman–Crippen MR) is 108 cm³/mol. The predicted octanol–water partition coefficient (Wildman–Crippen LogP) is 3.45. The first kappa shape index (κ1) is 20.0. The monoisotopic (exact) mass is 393 g/mol. The van der Waals surface area contributed by atoms with E-state index in [1.165, 1.54) is 25.3 Å². The van der Waals surface area contributed by atoms with E-state index in [0.717, 1.165) is 0 Å². The zero-order valence-electron chi connectivity index (χ0n) is 15.8. The Balaban J connectivity index is 1.61. The Morgan fingerprint density at radius 3 is 2.45 bits per heavy atom. The summed E-state index contributed by atoms with van der Waals surface area (Å²) in [5.74, 6) is -0.577. The molecule has 0 bridgehead atoms. The SMILES string of the molecule is COc1cccc(NC(=O)c2cccc(C(=O)NCCc3ccccc3F)n2)c1. The number of nitrogens with one attached hydrogen (secondary N) is 2. The number of hydrogen-bond donors (Lipinski definition) is 2. The number of amides is 2. The van der Waals surface area contributed by atoms with Gasteiger partial charge >= 0.3 is 0 Å². The van der Waals surface area contributed by atoms with Crippen LogP contribution in [0.2, 0.25) is 0 Å². The number of pyridine rings is 1. The average molecular weight is 393 g/mol. The number of benzene rings is 2. The quantitative estimate of drug-likeness (QED) is 0.644. The Morgan fingerprint density at radius 2 is 1.69 bits per heavy atom. The van der Waals surface area contributed by atoms with Crippen molar-refractivity contribution in [1.82, 2.24) is 10.3 Å². The maximum atomic E-state index is 13.6. The third-order valence-electron chi connectivity index (χ3n) is 4.18. The Labute approximate surface area is 167 Å². The van der Waals surface area contributed by atoms with Crippen LogP contribution in [0.3, 0.4) is 0 Å². The van der Waals surface area contributed by atoms with Crippen molar-refractivity contribution in [3.8, 4) is 5.75 Å². The molecule has 29 heavy (non-hydrogen) atoms. The van der Waals surface area contributed by atoms with Crippen LogP contribution in [0.1, 0.15) is 26.5 Å². The minimum atomic E-state index is -0.445. The van der Waals surface area contributed by atoms with Crippen LogP contribution < -0.4 is 15.4 Å². The fourth-order valence-corrected chi connectivity index (χ4v) is 2.69. The van der Waals surface area contributed by atoms with Crippen molar-refractivity contribution in [2.24, 2.45) is 0 Å². The minimum absolute atomic E-state index is 0.106. The number of nitrogens with zero attached hydrogens (tertiary/aromatic N) is 1. The molecular formula is C22H20FN3O3. The van der Waals surface area contributed by atoms with E-state index >= 15 is 0 Å². The molecule has 148 valence electrons. The van der Waals surface area contributed by atoms with Crippen LogP contribution in [0.15, 0.2) is 66.7 Å². The maximum absolute atomic E-state index is 13.6. The summed E-state index contributed by atoms with van der Waals surface area (Å²) in [5.41, 5.74) is 1.29. The third-order valence-corrected chi connectivity index (χ3v) is 4.18. The van der Waals surface area contributed by atoms with E-state index < -0.39 is 11.8 Å². The number of carbonyl (C=O) groups is 2. The van der Waals surface area contributed by atoms with Gasteiger partial charge in [-0.25, -0.2) is 9.37 Å². The summed E-state index contributed by atoms with van der Waals surface area (Å²) < 4.78 is 18.8. The van der Waals surface area contributed by atoms with Crippen molar-refractivity contribution in [3.05, 3.63) is 89.5 Å². The summed E-state index contributed by atoms with van der Waals surface area (Å²) in [7, 11) is 1.54. The van der Waals surface area contributed by atoms with Gasteiger partial charge in [0.05, 0.1) is 7.11 Å². The van der Waals surface area contributed by atoms with Gasteiger partial charge in [-0.2, -0.15) is 0 Å². The summed E-state index contributed by atoms with van der Waals surface area (Å²) >= 11 is 0. The highest BCUT2D eigenvalue weighted by molar-refractivity contribution is 6.03. The van der Waals surface area contributed by atoms with Crippen molar-refractivity contribution in [1.29, 1.82) is 0 Å². The molecule has 0 fully saturated rings. The first-order chi connectivity index (χ1) is 14.1. The van der Waals surface area contributed by atoms with Crippen LogP contribution in [0.4, 0.5) is 10.1 Å². The molecule has 0 aliphatic heterocycles. The molecule has 0 atom stereocenters. The molecule has 3 rings (SSSR count). The molecule has 3 aromatic rings. The lowest BCUT2D eigenvalue weighted by Crippen LogP contribution is -2.27. The van der Waals surface area contributed by atoms with Crippen LogP contribution >= 0.6 is 0 Å². The van der Waals surface area contributed by atoms with Crippen LogP contribution in [0.5, 0.6) is 5.75 Å². The first-order valence-corrected chi connectivity index (χ1v) is 9.01.